The molecule has 2 fully saturated rings. The molecule has 0 aromatic heterocycles. The molecule has 0 saturated heterocycles. The van der Waals surface area contributed by atoms with Crippen LogP contribution in [0.4, 0.5) is 0 Å². The number of rotatable bonds is 0. The van der Waals surface area contributed by atoms with E-state index in [0.29, 0.717) is 0 Å². The Kier molecular flexibility index (Phi) is 12.8. The van der Waals surface area contributed by atoms with E-state index in [2.05, 4.69) is 39.5 Å². The van der Waals surface area contributed by atoms with Gasteiger partial charge in [0.15, 0.2) is 0 Å². The van der Waals surface area contributed by atoms with E-state index in [0.717, 1.165) is 0 Å². The van der Waals surface area contributed by atoms with Gasteiger partial charge in [-0.05, 0) is 63.2 Å². The average Bonchev–Trinajstić information content (AvgIpc) is 2.81. The van der Waals surface area contributed by atoms with Crippen LogP contribution in [0, 0.1) is 63.2 Å². The van der Waals surface area contributed by atoms with Gasteiger partial charge in [-0.3, -0.25) is 0 Å². The Morgan fingerprint density at radius 1 is 0.733 bits per heavy atom. The van der Waals surface area contributed by atoms with Gasteiger partial charge in [-0.1, -0.05) is 13.8 Å². The predicted molar refractivity (Wildman–Crippen MR) is 63.9 cm³/mol. The fourth-order valence-electron chi connectivity index (χ4n) is 0.940. The molecule has 0 atom stereocenters. The van der Waals surface area contributed by atoms with E-state index in [4.69, 9.17) is 18.4 Å². The third-order valence-corrected chi connectivity index (χ3v) is 1.66. The Balaban J connectivity index is 0.000000210. The normalized spacial score (nSPS) is 21.3. The molecule has 2 aliphatic carbocycles. The van der Waals surface area contributed by atoms with E-state index in [1.165, 1.54) is 11.8 Å². The summed E-state index contributed by atoms with van der Waals surface area (Å²) < 4.78 is 0. The second-order valence-electron chi connectivity index (χ2n) is 2.99. The van der Waals surface area contributed by atoms with Gasteiger partial charge in [0.25, 0.3) is 0 Å². The molecule has 0 amide bonds. The predicted octanol–water partition coefficient (Wildman–Crippen LogP) is 4.20. The molecule has 3 heteroatoms. The van der Waals surface area contributed by atoms with Gasteiger partial charge in [-0.25, -0.2) is 0 Å². The van der Waals surface area contributed by atoms with Crippen molar-refractivity contribution in [1.29, 1.82) is 0 Å². The zero-order chi connectivity index (χ0) is 11.5. The van der Waals surface area contributed by atoms with Gasteiger partial charge < -0.3 is 0 Å². The number of halogens is 2. The molecule has 2 saturated carbocycles. The molecule has 0 aliphatic heterocycles. The molecule has 0 nitrogen and oxygen atoms in total. The molecule has 0 unspecified atom stereocenters. The first-order valence-corrected chi connectivity index (χ1v) is 10.2. The van der Waals surface area contributed by atoms with Crippen LogP contribution >= 0.6 is 18.4 Å². The van der Waals surface area contributed by atoms with Crippen LogP contribution < -0.4 is 0 Å². The van der Waals surface area contributed by atoms with Gasteiger partial charge in [0.2, 0.25) is 0 Å². The van der Waals surface area contributed by atoms with Crippen LogP contribution in [0.25, 0.3) is 0 Å². The van der Waals surface area contributed by atoms with Gasteiger partial charge in [-0.2, -0.15) is 0 Å². The molecule has 0 aromatic carbocycles. The van der Waals surface area contributed by atoms with Crippen molar-refractivity contribution in [1.82, 2.24) is 0 Å². The molecular weight excluding hydrogens is 308 g/mol. The van der Waals surface area contributed by atoms with Crippen molar-refractivity contribution in [3.8, 4) is 0 Å². The summed E-state index contributed by atoms with van der Waals surface area (Å²) in [5.74, 6) is 2.69. The second-order valence-corrected chi connectivity index (χ2v) is 6.33. The SMILES string of the molecule is C[C]1[CH][CH][CH][CH]1.C[C]1[CH][CH][CH][CH]1.[Cl][Nb][Cl]. The number of hydrogen-bond donors (Lipinski definition) is 0. The van der Waals surface area contributed by atoms with Gasteiger partial charge in [0.1, 0.15) is 0 Å². The molecule has 0 N–H and O–H groups in total. The van der Waals surface area contributed by atoms with E-state index in [9.17, 15) is 0 Å². The van der Waals surface area contributed by atoms with Crippen LogP contribution in [-0.4, -0.2) is 0 Å². The van der Waals surface area contributed by atoms with E-state index >= 15 is 0 Å². The quantitative estimate of drug-likeness (QED) is 0.587. The molecule has 2 aliphatic rings. The van der Waals surface area contributed by atoms with Crippen LogP contribution in [0.5, 0.6) is 0 Å². The molecule has 15 heavy (non-hydrogen) atoms. The molecule has 2 rings (SSSR count). The Morgan fingerprint density at radius 2 is 0.933 bits per heavy atom. The summed E-state index contributed by atoms with van der Waals surface area (Å²) in [6, 6.07) is 0. The maximum atomic E-state index is 4.91. The standard InChI is InChI=1S/2C6H7.2ClH.Nb/c2*1-6-4-2-3-5-6;;;/h2*2-5H,1H3;2*1H;/q;;;;+2/p-2. The van der Waals surface area contributed by atoms with Crippen molar-refractivity contribution in [2.45, 2.75) is 13.8 Å². The van der Waals surface area contributed by atoms with Crippen LogP contribution in [0.15, 0.2) is 0 Å². The van der Waals surface area contributed by atoms with E-state index < -0.39 is 17.6 Å². The average molecular weight is 322 g/mol. The van der Waals surface area contributed by atoms with Crippen molar-refractivity contribution in [3.05, 3.63) is 63.2 Å². The van der Waals surface area contributed by atoms with E-state index in [1.807, 2.05) is 25.7 Å². The maximum absolute atomic E-state index is 4.91. The molecule has 10 radical (unpaired) electrons. The number of hydrogen-bond acceptors (Lipinski definition) is 0. The van der Waals surface area contributed by atoms with Crippen molar-refractivity contribution in [3.63, 3.8) is 0 Å². The Morgan fingerprint density at radius 3 is 1.00 bits per heavy atom. The summed E-state index contributed by atoms with van der Waals surface area (Å²) >= 11 is -0.706. The Hall–Kier alpha value is 1.32. The topological polar surface area (TPSA) is 0 Å². The van der Waals surface area contributed by atoms with Gasteiger partial charge >= 0.3 is 36.0 Å². The molecular formula is C12H14Cl2Nb. The van der Waals surface area contributed by atoms with Crippen LogP contribution in [0.3, 0.4) is 0 Å². The van der Waals surface area contributed by atoms with Crippen LogP contribution in [-0.2, 0) is 17.6 Å². The zero-order valence-corrected chi connectivity index (χ0v) is 12.5. The fourth-order valence-corrected chi connectivity index (χ4v) is 0.940. The summed E-state index contributed by atoms with van der Waals surface area (Å²) in [5.41, 5.74) is 0. The van der Waals surface area contributed by atoms with E-state index in [1.54, 1.807) is 0 Å². The Labute approximate surface area is 112 Å². The molecule has 0 aromatic rings. The van der Waals surface area contributed by atoms with Crippen LogP contribution in [0.2, 0.25) is 0 Å². The van der Waals surface area contributed by atoms with Crippen molar-refractivity contribution >= 4 is 18.4 Å². The zero-order valence-electron chi connectivity index (χ0n) is 8.82. The molecule has 81 valence electrons. The molecule has 0 heterocycles. The first kappa shape index (κ1) is 16.3. The summed E-state index contributed by atoms with van der Waals surface area (Å²) in [4.78, 5) is 0. The minimum atomic E-state index is -0.706. The second kappa shape index (κ2) is 11.8. The van der Waals surface area contributed by atoms with Gasteiger partial charge in [0.05, 0.1) is 0 Å². The van der Waals surface area contributed by atoms with Crippen molar-refractivity contribution in [2.24, 2.45) is 0 Å². The van der Waals surface area contributed by atoms with Crippen molar-refractivity contribution in [2.75, 3.05) is 0 Å². The summed E-state index contributed by atoms with van der Waals surface area (Å²) in [7, 11) is 9.83. The molecule has 0 bridgehead atoms. The van der Waals surface area contributed by atoms with E-state index in [-0.39, 0.29) is 0 Å². The monoisotopic (exact) mass is 321 g/mol. The fraction of sp³-hybridized carbons (Fsp3) is 0.167. The first-order valence-electron chi connectivity index (χ1n) is 4.49. The Bertz CT molecular complexity index is 105. The summed E-state index contributed by atoms with van der Waals surface area (Å²) in [6.07, 6.45) is 16.5. The third-order valence-electron chi connectivity index (χ3n) is 1.66. The third kappa shape index (κ3) is 11.6. The summed E-state index contributed by atoms with van der Waals surface area (Å²) in [5, 5.41) is 0. The molecule has 0 spiro atoms. The summed E-state index contributed by atoms with van der Waals surface area (Å²) in [6.45, 7) is 4.17. The van der Waals surface area contributed by atoms with Crippen LogP contribution in [0.1, 0.15) is 13.8 Å². The van der Waals surface area contributed by atoms with Gasteiger partial charge in [0, 0.05) is 0 Å². The van der Waals surface area contributed by atoms with Crippen molar-refractivity contribution < 1.29 is 17.6 Å². The first-order chi connectivity index (χ1) is 7.20. The minimum absolute atomic E-state index is 0.706. The van der Waals surface area contributed by atoms with Gasteiger partial charge in [-0.15, -0.1) is 0 Å².